The van der Waals surface area contributed by atoms with Gasteiger partial charge in [0.05, 0.1) is 6.07 Å². The molecule has 74 valence electrons. The topological polar surface area (TPSA) is 35.8 Å². The van der Waals surface area contributed by atoms with E-state index in [1.54, 1.807) is 0 Å². The molecule has 0 bridgehead atoms. The van der Waals surface area contributed by atoms with Crippen molar-refractivity contribution in [2.75, 3.05) is 19.3 Å². The molecule has 3 heteroatoms. The van der Waals surface area contributed by atoms with Crippen molar-refractivity contribution >= 4 is 11.8 Å². The van der Waals surface area contributed by atoms with Crippen LogP contribution in [0, 0.1) is 11.3 Å². The highest BCUT2D eigenvalue weighted by molar-refractivity contribution is 8.00. The third-order valence-electron chi connectivity index (χ3n) is 2.79. The maximum absolute atomic E-state index is 8.35. The molecule has 0 spiro atoms. The number of rotatable bonds is 6. The Morgan fingerprint density at radius 2 is 2.31 bits per heavy atom. The Morgan fingerprint density at radius 1 is 1.54 bits per heavy atom. The minimum absolute atomic E-state index is 0.534. The number of thioether (sulfide) groups is 1. The van der Waals surface area contributed by atoms with Gasteiger partial charge in [-0.3, -0.25) is 0 Å². The van der Waals surface area contributed by atoms with Crippen molar-refractivity contribution in [3.05, 3.63) is 0 Å². The quantitative estimate of drug-likeness (QED) is 0.664. The number of hydrogen-bond donors (Lipinski definition) is 1. The predicted octanol–water partition coefficient (Wildman–Crippen LogP) is 2.17. The summed E-state index contributed by atoms with van der Waals surface area (Å²) in [4.78, 5) is 0. The van der Waals surface area contributed by atoms with Crippen LogP contribution in [0.3, 0.4) is 0 Å². The summed E-state index contributed by atoms with van der Waals surface area (Å²) in [5.41, 5.74) is 0. The monoisotopic (exact) mass is 198 g/mol. The largest absolute Gasteiger partial charge is 0.315 e. The van der Waals surface area contributed by atoms with Crippen molar-refractivity contribution in [3.8, 4) is 6.07 Å². The molecule has 0 amide bonds. The van der Waals surface area contributed by atoms with E-state index in [2.05, 4.69) is 17.6 Å². The van der Waals surface area contributed by atoms with Gasteiger partial charge in [-0.2, -0.15) is 17.0 Å². The molecule has 1 fully saturated rings. The van der Waals surface area contributed by atoms with E-state index < -0.39 is 0 Å². The minimum atomic E-state index is 0.534. The summed E-state index contributed by atoms with van der Waals surface area (Å²) >= 11 is 2.00. The van der Waals surface area contributed by atoms with Gasteiger partial charge in [-0.1, -0.05) is 6.42 Å². The molecule has 0 aromatic rings. The van der Waals surface area contributed by atoms with Crippen LogP contribution in [0.4, 0.5) is 0 Å². The Balaban J connectivity index is 2.01. The van der Waals surface area contributed by atoms with Crippen molar-refractivity contribution in [3.63, 3.8) is 0 Å². The molecule has 0 aromatic heterocycles. The molecule has 1 rings (SSSR count). The molecule has 0 atom stereocenters. The van der Waals surface area contributed by atoms with Gasteiger partial charge in [-0.05, 0) is 32.1 Å². The van der Waals surface area contributed by atoms with Crippen molar-refractivity contribution in [2.45, 2.75) is 36.9 Å². The van der Waals surface area contributed by atoms with E-state index in [-0.39, 0.29) is 0 Å². The zero-order valence-corrected chi connectivity index (χ0v) is 9.12. The van der Waals surface area contributed by atoms with Gasteiger partial charge < -0.3 is 5.32 Å². The molecular weight excluding hydrogens is 180 g/mol. The van der Waals surface area contributed by atoms with Gasteiger partial charge >= 0.3 is 0 Å². The first-order chi connectivity index (χ1) is 6.33. The Kier molecular flexibility index (Phi) is 4.61. The number of nitrogens with zero attached hydrogens (tertiary/aromatic N) is 1. The number of hydrogen-bond acceptors (Lipinski definition) is 3. The predicted molar refractivity (Wildman–Crippen MR) is 57.8 cm³/mol. The van der Waals surface area contributed by atoms with Gasteiger partial charge in [0.25, 0.3) is 0 Å². The molecule has 0 heterocycles. The lowest BCUT2D eigenvalue weighted by molar-refractivity contribution is 0.346. The molecule has 0 unspecified atom stereocenters. The molecule has 13 heavy (non-hydrogen) atoms. The summed E-state index contributed by atoms with van der Waals surface area (Å²) in [6, 6.07) is 2.16. The average Bonchev–Trinajstić information content (AvgIpc) is 2.09. The van der Waals surface area contributed by atoms with Crippen LogP contribution in [-0.2, 0) is 0 Å². The zero-order chi connectivity index (χ0) is 9.57. The lowest BCUT2D eigenvalue weighted by Crippen LogP contribution is -2.43. The molecule has 1 aliphatic carbocycles. The summed E-state index contributed by atoms with van der Waals surface area (Å²) in [6.07, 6.45) is 7.98. The Morgan fingerprint density at radius 3 is 2.77 bits per heavy atom. The summed E-state index contributed by atoms with van der Waals surface area (Å²) in [5, 5.41) is 11.8. The van der Waals surface area contributed by atoms with Crippen LogP contribution in [-0.4, -0.2) is 24.1 Å². The summed E-state index contributed by atoms with van der Waals surface area (Å²) < 4.78 is 0.534. The van der Waals surface area contributed by atoms with Gasteiger partial charge in [-0.25, -0.2) is 0 Å². The smallest absolute Gasteiger partial charge is 0.0622 e. The van der Waals surface area contributed by atoms with Gasteiger partial charge in [-0.15, -0.1) is 0 Å². The van der Waals surface area contributed by atoms with Crippen LogP contribution < -0.4 is 5.32 Å². The van der Waals surface area contributed by atoms with E-state index in [1.807, 2.05) is 11.8 Å². The average molecular weight is 198 g/mol. The van der Waals surface area contributed by atoms with Crippen molar-refractivity contribution in [1.82, 2.24) is 5.32 Å². The van der Waals surface area contributed by atoms with E-state index in [1.165, 1.54) is 19.3 Å². The van der Waals surface area contributed by atoms with Crippen LogP contribution in [0.1, 0.15) is 32.1 Å². The lowest BCUT2D eigenvalue weighted by Gasteiger charge is -2.40. The lowest BCUT2D eigenvalue weighted by atomic mass is 9.84. The van der Waals surface area contributed by atoms with E-state index in [0.717, 1.165) is 19.5 Å². The number of nitrogens with one attached hydrogen (secondary N) is 1. The highest BCUT2D eigenvalue weighted by Gasteiger charge is 2.35. The van der Waals surface area contributed by atoms with E-state index in [4.69, 9.17) is 5.26 Å². The van der Waals surface area contributed by atoms with Crippen LogP contribution >= 0.6 is 11.8 Å². The molecule has 0 aliphatic heterocycles. The van der Waals surface area contributed by atoms with E-state index >= 15 is 0 Å². The van der Waals surface area contributed by atoms with Gasteiger partial charge in [0, 0.05) is 17.7 Å². The fourth-order valence-corrected chi connectivity index (χ4v) is 2.58. The van der Waals surface area contributed by atoms with Crippen LogP contribution in [0.5, 0.6) is 0 Å². The number of unbranched alkanes of at least 4 members (excludes halogenated alkanes) is 1. The number of nitriles is 1. The fourth-order valence-electron chi connectivity index (χ4n) is 1.63. The normalized spacial score (nSPS) is 19.1. The van der Waals surface area contributed by atoms with E-state index in [0.29, 0.717) is 11.2 Å². The SMILES string of the molecule is CSC1(CNCCCC#N)CCC1. The molecule has 2 nitrogen and oxygen atoms in total. The second-order valence-corrected chi connectivity index (χ2v) is 4.95. The molecule has 0 radical (unpaired) electrons. The van der Waals surface area contributed by atoms with Crippen molar-refractivity contribution < 1.29 is 0 Å². The van der Waals surface area contributed by atoms with Crippen molar-refractivity contribution in [1.29, 1.82) is 5.26 Å². The first-order valence-corrected chi connectivity index (χ1v) is 6.18. The summed E-state index contributed by atoms with van der Waals surface area (Å²) in [5.74, 6) is 0. The summed E-state index contributed by atoms with van der Waals surface area (Å²) in [6.45, 7) is 2.12. The minimum Gasteiger partial charge on any atom is -0.315 e. The third-order valence-corrected chi connectivity index (χ3v) is 4.21. The molecular formula is C10H18N2S. The highest BCUT2D eigenvalue weighted by atomic mass is 32.2. The second kappa shape index (κ2) is 5.51. The molecule has 1 aliphatic rings. The second-order valence-electron chi connectivity index (χ2n) is 3.68. The highest BCUT2D eigenvalue weighted by Crippen LogP contribution is 2.42. The maximum atomic E-state index is 8.35. The fraction of sp³-hybridized carbons (Fsp3) is 0.900. The third kappa shape index (κ3) is 3.21. The molecule has 1 N–H and O–H groups in total. The van der Waals surface area contributed by atoms with E-state index in [9.17, 15) is 0 Å². The Hall–Kier alpha value is -0.200. The Labute approximate surface area is 85.1 Å². The van der Waals surface area contributed by atoms with Crippen LogP contribution in [0.2, 0.25) is 0 Å². The first-order valence-electron chi connectivity index (χ1n) is 4.96. The maximum Gasteiger partial charge on any atom is 0.0622 e. The van der Waals surface area contributed by atoms with Gasteiger partial charge in [0.2, 0.25) is 0 Å². The Bertz CT molecular complexity index is 176. The molecule has 1 saturated carbocycles. The molecule has 0 aromatic carbocycles. The van der Waals surface area contributed by atoms with Gasteiger partial charge in [0.1, 0.15) is 0 Å². The summed E-state index contributed by atoms with van der Waals surface area (Å²) in [7, 11) is 0. The van der Waals surface area contributed by atoms with Gasteiger partial charge in [0.15, 0.2) is 0 Å². The van der Waals surface area contributed by atoms with Crippen LogP contribution in [0.15, 0.2) is 0 Å². The first kappa shape index (κ1) is 10.9. The zero-order valence-electron chi connectivity index (χ0n) is 8.31. The standard InChI is InChI=1S/C10H18N2S/c1-13-10(5-4-6-10)9-12-8-3-2-7-11/h12H,2-6,8-9H2,1H3. The van der Waals surface area contributed by atoms with Crippen molar-refractivity contribution in [2.24, 2.45) is 0 Å². The molecule has 0 saturated heterocycles. The van der Waals surface area contributed by atoms with Crippen LogP contribution in [0.25, 0.3) is 0 Å².